The van der Waals surface area contributed by atoms with Gasteiger partial charge in [-0.05, 0) is 66.3 Å². The number of aromatic nitrogens is 1. The van der Waals surface area contributed by atoms with E-state index in [0.717, 1.165) is 36.6 Å². The largest absolute Gasteiger partial charge is 0.485 e. The normalized spacial score (nSPS) is 18.0. The maximum Gasteiger partial charge on any atom is 0.303 e. The van der Waals surface area contributed by atoms with Gasteiger partial charge in [-0.1, -0.05) is 24.3 Å². The van der Waals surface area contributed by atoms with Crippen molar-refractivity contribution in [3.05, 3.63) is 77.0 Å². The molecule has 2 heterocycles. The lowest BCUT2D eigenvalue weighted by Gasteiger charge is -2.28. The molecule has 1 aliphatic carbocycles. The molecule has 0 spiro atoms. The number of benzene rings is 2. The third-order valence-electron chi connectivity index (χ3n) is 6.75. The average Bonchev–Trinajstić information content (AvgIpc) is 3.67. The minimum atomic E-state index is -0.807. The topological polar surface area (TPSA) is 68.7 Å². The molecule has 0 saturated heterocycles. The van der Waals surface area contributed by atoms with Crippen molar-refractivity contribution >= 4 is 5.97 Å². The van der Waals surface area contributed by atoms with Gasteiger partial charge >= 0.3 is 5.97 Å². The van der Waals surface area contributed by atoms with E-state index in [4.69, 9.17) is 9.47 Å². The first kappa shape index (κ1) is 22.3. The first-order valence-corrected chi connectivity index (χ1v) is 11.4. The van der Waals surface area contributed by atoms with Gasteiger partial charge in [-0.15, -0.1) is 0 Å². The number of hydrogen-bond donors (Lipinski definition) is 1. The Morgan fingerprint density at radius 3 is 2.68 bits per heavy atom. The number of aliphatic carboxylic acids is 1. The van der Waals surface area contributed by atoms with Crippen molar-refractivity contribution in [1.82, 2.24) is 4.98 Å². The van der Waals surface area contributed by atoms with Gasteiger partial charge in [-0.2, -0.15) is 0 Å². The summed E-state index contributed by atoms with van der Waals surface area (Å²) in [6, 6.07) is 12.0. The second kappa shape index (κ2) is 9.05. The number of carbonyl (C=O) groups is 1. The van der Waals surface area contributed by atoms with Crippen molar-refractivity contribution in [1.29, 1.82) is 0 Å². The standard InChI is InChI=1S/C27H25F2NO4/c1-33-26-12-21(23(29)14-30-26)17-6-8-19(22(28)10-17)24-9-7-16-4-5-18(11-25(16)34-24)20(13-27(31)32)15-2-3-15/h4-6,8,10-12,14-15,20,24H,2-3,7,9,13H2,1H3,(H,31,32). The monoisotopic (exact) mass is 465 g/mol. The number of aryl methyl sites for hydroxylation is 1. The molecule has 1 N–H and O–H groups in total. The van der Waals surface area contributed by atoms with E-state index in [9.17, 15) is 14.3 Å². The summed E-state index contributed by atoms with van der Waals surface area (Å²) < 4.78 is 40.7. The second-order valence-electron chi connectivity index (χ2n) is 9.00. The molecule has 5 nitrogen and oxygen atoms in total. The number of halogens is 2. The fourth-order valence-corrected chi connectivity index (χ4v) is 4.79. The Bertz CT molecular complexity index is 1240. The SMILES string of the molecule is COc1cc(-c2ccc(C3CCc4ccc(C(CC(=O)O)C5CC5)cc4O3)c(F)c2)c(F)cn1. The van der Waals surface area contributed by atoms with Crippen LogP contribution in [0.15, 0.2) is 48.7 Å². The highest BCUT2D eigenvalue weighted by Crippen LogP contribution is 2.46. The van der Waals surface area contributed by atoms with E-state index in [2.05, 4.69) is 4.98 Å². The van der Waals surface area contributed by atoms with Crippen molar-refractivity contribution in [3.8, 4) is 22.8 Å². The molecule has 0 bridgehead atoms. The predicted molar refractivity (Wildman–Crippen MR) is 122 cm³/mol. The lowest BCUT2D eigenvalue weighted by Crippen LogP contribution is -2.17. The van der Waals surface area contributed by atoms with Gasteiger partial charge < -0.3 is 14.6 Å². The van der Waals surface area contributed by atoms with Gasteiger partial charge in [-0.25, -0.2) is 13.8 Å². The molecular formula is C27H25F2NO4. The van der Waals surface area contributed by atoms with Crippen molar-refractivity contribution in [2.45, 2.75) is 44.1 Å². The smallest absolute Gasteiger partial charge is 0.303 e. The van der Waals surface area contributed by atoms with Crippen molar-refractivity contribution < 1.29 is 28.2 Å². The summed E-state index contributed by atoms with van der Waals surface area (Å²) in [7, 11) is 1.44. The van der Waals surface area contributed by atoms with Gasteiger partial charge in [0.15, 0.2) is 0 Å². The van der Waals surface area contributed by atoms with Gasteiger partial charge in [0.05, 0.1) is 19.7 Å². The number of carboxylic acids is 1. The lowest BCUT2D eigenvalue weighted by atomic mass is 9.88. The predicted octanol–water partition coefficient (Wildman–Crippen LogP) is 6.07. The van der Waals surface area contributed by atoms with Crippen LogP contribution >= 0.6 is 0 Å². The van der Waals surface area contributed by atoms with E-state index >= 15 is 4.39 Å². The molecule has 2 atom stereocenters. The van der Waals surface area contributed by atoms with Gasteiger partial charge in [0.25, 0.3) is 0 Å². The summed E-state index contributed by atoms with van der Waals surface area (Å²) in [5.74, 6) is -0.553. The number of carboxylic acid groups (broad SMARTS) is 1. The molecule has 1 aromatic heterocycles. The Balaban J connectivity index is 1.40. The van der Waals surface area contributed by atoms with Crippen LogP contribution in [-0.4, -0.2) is 23.2 Å². The van der Waals surface area contributed by atoms with Crippen LogP contribution in [0.1, 0.15) is 54.4 Å². The molecule has 2 aliphatic rings. The summed E-state index contributed by atoms with van der Waals surface area (Å²) in [6.07, 6.45) is 4.09. The summed E-state index contributed by atoms with van der Waals surface area (Å²) in [6.45, 7) is 0. The molecule has 1 saturated carbocycles. The minimum absolute atomic E-state index is 0.0324. The summed E-state index contributed by atoms with van der Waals surface area (Å²) >= 11 is 0. The first-order valence-electron chi connectivity index (χ1n) is 11.4. The average molecular weight is 465 g/mol. The Morgan fingerprint density at radius 1 is 1.15 bits per heavy atom. The third-order valence-corrected chi connectivity index (χ3v) is 6.75. The number of ether oxygens (including phenoxy) is 2. The lowest BCUT2D eigenvalue weighted by molar-refractivity contribution is -0.137. The van der Waals surface area contributed by atoms with Gasteiger partial charge in [0, 0.05) is 17.2 Å². The molecule has 3 aromatic rings. The van der Waals surface area contributed by atoms with E-state index in [0.29, 0.717) is 29.2 Å². The highest BCUT2D eigenvalue weighted by atomic mass is 19.1. The third kappa shape index (κ3) is 4.47. The highest BCUT2D eigenvalue weighted by Gasteiger charge is 2.34. The molecule has 7 heteroatoms. The zero-order valence-corrected chi connectivity index (χ0v) is 18.8. The van der Waals surface area contributed by atoms with Crippen molar-refractivity contribution in [3.63, 3.8) is 0 Å². The summed E-state index contributed by atoms with van der Waals surface area (Å²) in [5.41, 5.74) is 3.00. The molecule has 0 amide bonds. The second-order valence-corrected chi connectivity index (χ2v) is 9.00. The summed E-state index contributed by atoms with van der Waals surface area (Å²) in [5, 5.41) is 9.33. The fraction of sp³-hybridized carbons (Fsp3) is 0.333. The highest BCUT2D eigenvalue weighted by molar-refractivity contribution is 5.68. The van der Waals surface area contributed by atoms with E-state index in [1.165, 1.54) is 19.2 Å². The van der Waals surface area contributed by atoms with Crippen molar-refractivity contribution in [2.24, 2.45) is 5.92 Å². The molecule has 5 rings (SSSR count). The number of nitrogens with zero attached hydrogens (tertiary/aromatic N) is 1. The zero-order valence-electron chi connectivity index (χ0n) is 18.8. The minimum Gasteiger partial charge on any atom is -0.485 e. The van der Waals surface area contributed by atoms with E-state index in [1.54, 1.807) is 12.1 Å². The van der Waals surface area contributed by atoms with Gasteiger partial charge in [0.1, 0.15) is 23.5 Å². The Morgan fingerprint density at radius 2 is 1.97 bits per heavy atom. The van der Waals surface area contributed by atoms with Crippen LogP contribution in [-0.2, 0) is 11.2 Å². The number of hydrogen-bond acceptors (Lipinski definition) is 4. The maximum absolute atomic E-state index is 15.2. The maximum atomic E-state index is 15.2. The van der Waals surface area contributed by atoms with Crippen LogP contribution in [0.4, 0.5) is 8.78 Å². The van der Waals surface area contributed by atoms with Crippen LogP contribution in [0.25, 0.3) is 11.1 Å². The number of fused-ring (bicyclic) bond motifs is 1. The molecule has 1 fully saturated rings. The quantitative estimate of drug-likeness (QED) is 0.459. The number of pyridine rings is 1. The molecule has 176 valence electrons. The molecule has 34 heavy (non-hydrogen) atoms. The first-order chi connectivity index (χ1) is 16.4. The van der Waals surface area contributed by atoms with Crippen LogP contribution in [0, 0.1) is 17.6 Å². The Kier molecular flexibility index (Phi) is 5.94. The molecule has 2 aromatic carbocycles. The van der Waals surface area contributed by atoms with E-state index in [1.807, 2.05) is 18.2 Å². The van der Waals surface area contributed by atoms with Crippen LogP contribution < -0.4 is 9.47 Å². The van der Waals surface area contributed by atoms with E-state index < -0.39 is 23.7 Å². The van der Waals surface area contributed by atoms with Crippen LogP contribution in [0.5, 0.6) is 11.6 Å². The molecular weight excluding hydrogens is 440 g/mol. The number of rotatable bonds is 7. The molecule has 0 radical (unpaired) electrons. The zero-order chi connectivity index (χ0) is 23.8. The molecule has 1 aliphatic heterocycles. The number of methoxy groups -OCH3 is 1. The van der Waals surface area contributed by atoms with E-state index in [-0.39, 0.29) is 23.8 Å². The fourth-order valence-electron chi connectivity index (χ4n) is 4.79. The summed E-state index contributed by atoms with van der Waals surface area (Å²) in [4.78, 5) is 15.2. The Labute approximate surface area is 196 Å². The molecule has 2 unspecified atom stereocenters. The van der Waals surface area contributed by atoms with Gasteiger partial charge in [-0.3, -0.25) is 4.79 Å². The van der Waals surface area contributed by atoms with Crippen molar-refractivity contribution in [2.75, 3.05) is 7.11 Å². The van der Waals surface area contributed by atoms with Crippen LogP contribution in [0.3, 0.4) is 0 Å². The van der Waals surface area contributed by atoms with Crippen LogP contribution in [0.2, 0.25) is 0 Å². The van der Waals surface area contributed by atoms with Gasteiger partial charge in [0.2, 0.25) is 5.88 Å². The Hall–Kier alpha value is -3.48.